The average Bonchev–Trinajstić information content (AvgIpc) is 3.10. The molecule has 0 saturated heterocycles. The predicted octanol–water partition coefficient (Wildman–Crippen LogP) is 4.40. The quantitative estimate of drug-likeness (QED) is 0.685. The zero-order chi connectivity index (χ0) is 16.8. The van der Waals surface area contributed by atoms with E-state index in [0.29, 0.717) is 12.4 Å². The van der Waals surface area contributed by atoms with Gasteiger partial charge in [-0.15, -0.1) is 23.1 Å². The molecule has 5 heteroatoms. The van der Waals surface area contributed by atoms with Gasteiger partial charge in [-0.2, -0.15) is 0 Å². The first-order chi connectivity index (χ1) is 11.8. The summed E-state index contributed by atoms with van der Waals surface area (Å²) in [7, 11) is 0. The number of nitrogens with zero attached hydrogens (tertiary/aromatic N) is 1. The molecule has 1 aliphatic heterocycles. The number of benzene rings is 1. The Bertz CT molecular complexity index is 656. The first kappa shape index (κ1) is 17.4. The fraction of sp³-hybridized carbons (Fsp3) is 0.421. The minimum absolute atomic E-state index is 0.253. The van der Waals surface area contributed by atoms with E-state index >= 15 is 0 Å². The highest BCUT2D eigenvalue weighted by molar-refractivity contribution is 7.99. The van der Waals surface area contributed by atoms with Crippen molar-refractivity contribution in [1.29, 1.82) is 0 Å². The van der Waals surface area contributed by atoms with Gasteiger partial charge in [0.2, 0.25) is 5.91 Å². The van der Waals surface area contributed by atoms with Crippen molar-refractivity contribution >= 4 is 29.0 Å². The lowest BCUT2D eigenvalue weighted by Crippen LogP contribution is -2.40. The molecule has 1 aliphatic rings. The molecule has 0 bridgehead atoms. The molecule has 1 atom stereocenters. The lowest BCUT2D eigenvalue weighted by molar-refractivity contribution is -0.131. The molecule has 1 amide bonds. The Hall–Kier alpha value is -1.46. The van der Waals surface area contributed by atoms with Crippen molar-refractivity contribution in [2.75, 3.05) is 24.7 Å². The Morgan fingerprint density at radius 1 is 1.33 bits per heavy atom. The third-order valence-corrected chi connectivity index (χ3v) is 6.17. The molecule has 1 aromatic carbocycles. The standard InChI is InChI=1S/C19H23NO2S2/c1-2-17-16-9-12-24-18(16)8-10-20(17)19(21)14-23-13-11-22-15-6-4-3-5-7-15/h3-7,9,12,17H,2,8,10-11,13-14H2,1H3. The lowest BCUT2D eigenvalue weighted by atomic mass is 9.98. The number of hydrogen-bond acceptors (Lipinski definition) is 4. The van der Waals surface area contributed by atoms with Gasteiger partial charge in [-0.3, -0.25) is 4.79 Å². The summed E-state index contributed by atoms with van der Waals surface area (Å²) in [6.07, 6.45) is 1.98. The van der Waals surface area contributed by atoms with Crippen molar-refractivity contribution < 1.29 is 9.53 Å². The van der Waals surface area contributed by atoms with Crippen LogP contribution >= 0.6 is 23.1 Å². The first-order valence-corrected chi connectivity index (χ1v) is 10.4. The van der Waals surface area contributed by atoms with E-state index in [9.17, 15) is 4.79 Å². The second-order valence-corrected chi connectivity index (χ2v) is 7.88. The van der Waals surface area contributed by atoms with Gasteiger partial charge in [-0.05, 0) is 42.0 Å². The van der Waals surface area contributed by atoms with Gasteiger partial charge in [0.1, 0.15) is 5.75 Å². The van der Waals surface area contributed by atoms with Crippen molar-refractivity contribution in [2.45, 2.75) is 25.8 Å². The Labute approximate surface area is 152 Å². The molecule has 3 rings (SSSR count). The SMILES string of the molecule is CCC1c2ccsc2CCN1C(=O)CSCCOc1ccccc1. The highest BCUT2D eigenvalue weighted by Crippen LogP contribution is 2.35. The van der Waals surface area contributed by atoms with Crippen molar-refractivity contribution in [1.82, 2.24) is 4.90 Å². The molecule has 0 N–H and O–H groups in total. The van der Waals surface area contributed by atoms with Crippen molar-refractivity contribution in [3.63, 3.8) is 0 Å². The van der Waals surface area contributed by atoms with E-state index < -0.39 is 0 Å². The second kappa shape index (κ2) is 8.58. The van der Waals surface area contributed by atoms with Crippen LogP contribution in [0.3, 0.4) is 0 Å². The zero-order valence-electron chi connectivity index (χ0n) is 13.9. The van der Waals surface area contributed by atoms with Gasteiger partial charge in [0.25, 0.3) is 0 Å². The molecule has 1 aromatic heterocycles. The van der Waals surface area contributed by atoms with Gasteiger partial charge in [0, 0.05) is 17.2 Å². The normalized spacial score (nSPS) is 16.7. The summed E-state index contributed by atoms with van der Waals surface area (Å²) >= 11 is 3.48. The molecule has 0 fully saturated rings. The monoisotopic (exact) mass is 361 g/mol. The maximum absolute atomic E-state index is 12.6. The van der Waals surface area contributed by atoms with Crippen molar-refractivity contribution in [3.05, 3.63) is 52.2 Å². The van der Waals surface area contributed by atoms with E-state index in [4.69, 9.17) is 4.74 Å². The number of carbonyl (C=O) groups is 1. The van der Waals surface area contributed by atoms with Crippen LogP contribution in [0, 0.1) is 0 Å². The summed E-state index contributed by atoms with van der Waals surface area (Å²) in [6, 6.07) is 12.3. The first-order valence-electron chi connectivity index (χ1n) is 8.41. The molecule has 2 heterocycles. The van der Waals surface area contributed by atoms with E-state index in [1.54, 1.807) is 11.8 Å². The van der Waals surface area contributed by atoms with E-state index in [0.717, 1.165) is 30.9 Å². The van der Waals surface area contributed by atoms with Crippen LogP contribution in [-0.4, -0.2) is 35.5 Å². The van der Waals surface area contributed by atoms with Crippen LogP contribution in [0.5, 0.6) is 5.75 Å². The van der Waals surface area contributed by atoms with Gasteiger partial charge < -0.3 is 9.64 Å². The molecule has 0 spiro atoms. The summed E-state index contributed by atoms with van der Waals surface area (Å²) in [5, 5.41) is 2.15. The third kappa shape index (κ3) is 4.14. The van der Waals surface area contributed by atoms with E-state index in [2.05, 4.69) is 23.3 Å². The summed E-state index contributed by atoms with van der Waals surface area (Å²) < 4.78 is 5.67. The smallest absolute Gasteiger partial charge is 0.233 e. The predicted molar refractivity (Wildman–Crippen MR) is 102 cm³/mol. The summed E-state index contributed by atoms with van der Waals surface area (Å²) in [6.45, 7) is 3.65. The Morgan fingerprint density at radius 2 is 2.17 bits per heavy atom. The van der Waals surface area contributed by atoms with Gasteiger partial charge in [-0.25, -0.2) is 0 Å². The van der Waals surface area contributed by atoms with Crippen LogP contribution in [0.4, 0.5) is 0 Å². The van der Waals surface area contributed by atoms with Gasteiger partial charge in [0.05, 0.1) is 18.4 Å². The van der Waals surface area contributed by atoms with Crippen LogP contribution in [0.2, 0.25) is 0 Å². The molecule has 1 unspecified atom stereocenters. The van der Waals surface area contributed by atoms with Crippen molar-refractivity contribution in [3.8, 4) is 5.75 Å². The van der Waals surface area contributed by atoms with Crippen LogP contribution < -0.4 is 4.74 Å². The molecule has 0 radical (unpaired) electrons. The van der Waals surface area contributed by atoms with E-state index in [1.807, 2.05) is 41.7 Å². The highest BCUT2D eigenvalue weighted by atomic mass is 32.2. The average molecular weight is 362 g/mol. The number of thiophene rings is 1. The largest absolute Gasteiger partial charge is 0.493 e. The van der Waals surface area contributed by atoms with Crippen LogP contribution in [0.25, 0.3) is 0 Å². The second-order valence-electron chi connectivity index (χ2n) is 5.77. The number of fused-ring (bicyclic) bond motifs is 1. The van der Waals surface area contributed by atoms with Crippen LogP contribution in [0.15, 0.2) is 41.8 Å². The maximum Gasteiger partial charge on any atom is 0.233 e. The van der Waals surface area contributed by atoms with E-state index in [1.165, 1.54) is 10.4 Å². The molecule has 0 aliphatic carbocycles. The van der Waals surface area contributed by atoms with Crippen LogP contribution in [-0.2, 0) is 11.2 Å². The lowest BCUT2D eigenvalue weighted by Gasteiger charge is -2.35. The Balaban J connectivity index is 1.44. The molecule has 2 aromatic rings. The number of hydrogen-bond donors (Lipinski definition) is 0. The minimum Gasteiger partial charge on any atom is -0.493 e. The summed E-state index contributed by atoms with van der Waals surface area (Å²) in [5.41, 5.74) is 1.36. The fourth-order valence-corrected chi connectivity index (χ4v) is 4.73. The van der Waals surface area contributed by atoms with E-state index in [-0.39, 0.29) is 11.9 Å². The van der Waals surface area contributed by atoms with Gasteiger partial charge in [0.15, 0.2) is 0 Å². The highest BCUT2D eigenvalue weighted by Gasteiger charge is 2.29. The summed E-state index contributed by atoms with van der Waals surface area (Å²) in [4.78, 5) is 16.1. The van der Waals surface area contributed by atoms with Gasteiger partial charge in [-0.1, -0.05) is 25.1 Å². The molecule has 128 valence electrons. The fourth-order valence-electron chi connectivity index (χ4n) is 3.11. The Morgan fingerprint density at radius 3 is 2.96 bits per heavy atom. The summed E-state index contributed by atoms with van der Waals surface area (Å²) in [5.74, 6) is 2.50. The number of para-hydroxylation sites is 1. The number of thioether (sulfide) groups is 1. The number of carbonyl (C=O) groups excluding carboxylic acids is 1. The van der Waals surface area contributed by atoms with Crippen LogP contribution in [0.1, 0.15) is 29.8 Å². The minimum atomic E-state index is 0.253. The van der Waals surface area contributed by atoms with Gasteiger partial charge >= 0.3 is 0 Å². The molecular formula is C19H23NO2S2. The zero-order valence-corrected chi connectivity index (χ0v) is 15.6. The molecular weight excluding hydrogens is 338 g/mol. The Kier molecular flexibility index (Phi) is 6.21. The number of ether oxygens (including phenoxy) is 1. The number of rotatable bonds is 7. The number of amides is 1. The molecule has 24 heavy (non-hydrogen) atoms. The van der Waals surface area contributed by atoms with Crippen molar-refractivity contribution in [2.24, 2.45) is 0 Å². The third-order valence-electron chi connectivity index (χ3n) is 4.27. The topological polar surface area (TPSA) is 29.5 Å². The molecule has 3 nitrogen and oxygen atoms in total. The molecule has 0 saturated carbocycles. The maximum atomic E-state index is 12.6.